The first kappa shape index (κ1) is 9.91. The molecule has 72 valence electrons. The Labute approximate surface area is 79.4 Å². The summed E-state index contributed by atoms with van der Waals surface area (Å²) in [4.78, 5) is 31.2. The molecule has 0 heterocycles. The van der Waals surface area contributed by atoms with Crippen LogP contribution in [0.5, 0.6) is 0 Å². The van der Waals surface area contributed by atoms with Crippen molar-refractivity contribution >= 4 is 23.9 Å². The number of amides is 1. The maximum atomic E-state index is 10.7. The number of hydrogen-bond donors (Lipinski definition) is 2. The van der Waals surface area contributed by atoms with E-state index in [0.29, 0.717) is 11.8 Å². The minimum absolute atomic E-state index is 0.280. The van der Waals surface area contributed by atoms with Gasteiger partial charge in [0.05, 0.1) is 0 Å². The molecule has 0 aliphatic heterocycles. The normalized spacial score (nSPS) is 9.14. The van der Waals surface area contributed by atoms with E-state index in [1.807, 2.05) is 0 Å². The molecule has 0 atom stereocenters. The summed E-state index contributed by atoms with van der Waals surface area (Å²) in [6.07, 6.45) is 0.608. The number of carbonyl (C=O) groups excluding carboxylic acids is 2. The molecule has 0 aromatic heterocycles. The summed E-state index contributed by atoms with van der Waals surface area (Å²) in [7, 11) is 0. The third kappa shape index (κ3) is 2.41. The van der Waals surface area contributed by atoms with Crippen LogP contribution in [-0.4, -0.2) is 23.3 Å². The number of benzene rings is 1. The van der Waals surface area contributed by atoms with Crippen molar-refractivity contribution in [2.24, 2.45) is 0 Å². The lowest BCUT2D eigenvalue weighted by molar-refractivity contribution is -0.147. The van der Waals surface area contributed by atoms with Gasteiger partial charge in [0.1, 0.15) is 6.29 Å². The summed E-state index contributed by atoms with van der Waals surface area (Å²) in [5, 5.41) is 10.4. The van der Waals surface area contributed by atoms with E-state index in [9.17, 15) is 14.4 Å². The first-order chi connectivity index (χ1) is 6.63. The number of aldehydes is 1. The van der Waals surface area contributed by atoms with Crippen LogP contribution in [0.25, 0.3) is 0 Å². The molecule has 5 heteroatoms. The molecule has 1 aromatic rings. The molecule has 0 bridgehead atoms. The van der Waals surface area contributed by atoms with Gasteiger partial charge in [0, 0.05) is 11.3 Å². The lowest BCUT2D eigenvalue weighted by Crippen LogP contribution is -2.21. The summed E-state index contributed by atoms with van der Waals surface area (Å²) in [5.41, 5.74) is 0.648. The van der Waals surface area contributed by atoms with E-state index < -0.39 is 11.9 Å². The maximum absolute atomic E-state index is 10.7. The minimum Gasteiger partial charge on any atom is -0.474 e. The van der Waals surface area contributed by atoms with Crippen molar-refractivity contribution in [1.82, 2.24) is 0 Å². The second kappa shape index (κ2) is 4.18. The fourth-order valence-electron chi connectivity index (χ4n) is 0.874. The molecule has 2 N–H and O–H groups in total. The zero-order chi connectivity index (χ0) is 10.6. The Morgan fingerprint density at radius 2 is 2.07 bits per heavy atom. The third-order valence-electron chi connectivity index (χ3n) is 1.47. The van der Waals surface area contributed by atoms with Crippen molar-refractivity contribution in [3.05, 3.63) is 29.8 Å². The number of aliphatic carboxylic acids is 1. The number of nitrogens with one attached hydrogen (secondary N) is 1. The molecule has 0 spiro atoms. The van der Waals surface area contributed by atoms with E-state index in [1.165, 1.54) is 12.1 Å². The minimum atomic E-state index is -1.57. The number of carboxylic acids is 1. The zero-order valence-corrected chi connectivity index (χ0v) is 7.06. The Hall–Kier alpha value is -2.17. The van der Waals surface area contributed by atoms with Gasteiger partial charge in [0.25, 0.3) is 0 Å². The van der Waals surface area contributed by atoms with E-state index in [4.69, 9.17) is 5.11 Å². The number of carbonyl (C=O) groups is 3. The van der Waals surface area contributed by atoms with Crippen LogP contribution in [0, 0.1) is 0 Å². The molecule has 0 aliphatic carbocycles. The standard InChI is InChI=1S/C9H7NO4/c11-5-6-2-1-3-7(4-6)10-8(12)9(13)14/h1-5H,(H,10,12)(H,13,14). The van der Waals surface area contributed by atoms with Crippen LogP contribution in [0.2, 0.25) is 0 Å². The zero-order valence-electron chi connectivity index (χ0n) is 7.06. The smallest absolute Gasteiger partial charge is 0.394 e. The van der Waals surface area contributed by atoms with Gasteiger partial charge in [0.15, 0.2) is 0 Å². The number of rotatable bonds is 2. The van der Waals surface area contributed by atoms with Gasteiger partial charge < -0.3 is 10.4 Å². The van der Waals surface area contributed by atoms with Gasteiger partial charge in [0.2, 0.25) is 0 Å². The van der Waals surface area contributed by atoms with Gasteiger partial charge in [-0.2, -0.15) is 0 Å². The fraction of sp³-hybridized carbons (Fsp3) is 0. The second-order valence-corrected chi connectivity index (χ2v) is 2.50. The van der Waals surface area contributed by atoms with Crippen LogP contribution in [0.3, 0.4) is 0 Å². The fourth-order valence-corrected chi connectivity index (χ4v) is 0.874. The van der Waals surface area contributed by atoms with E-state index >= 15 is 0 Å². The molecule has 0 fully saturated rings. The molecular weight excluding hydrogens is 186 g/mol. The van der Waals surface area contributed by atoms with Crippen molar-refractivity contribution in [2.45, 2.75) is 0 Å². The first-order valence-corrected chi connectivity index (χ1v) is 3.73. The van der Waals surface area contributed by atoms with Crippen molar-refractivity contribution in [3.8, 4) is 0 Å². The molecule has 5 nitrogen and oxygen atoms in total. The molecule has 0 unspecified atom stereocenters. The van der Waals surface area contributed by atoms with Gasteiger partial charge in [-0.3, -0.25) is 9.59 Å². The molecular formula is C9H7NO4. The molecule has 1 amide bonds. The average Bonchev–Trinajstić information content (AvgIpc) is 2.18. The van der Waals surface area contributed by atoms with Gasteiger partial charge >= 0.3 is 11.9 Å². The molecule has 0 aliphatic rings. The van der Waals surface area contributed by atoms with E-state index in [2.05, 4.69) is 5.32 Å². The predicted molar refractivity (Wildman–Crippen MR) is 48.1 cm³/mol. The van der Waals surface area contributed by atoms with Crippen molar-refractivity contribution in [3.63, 3.8) is 0 Å². The highest BCUT2D eigenvalue weighted by atomic mass is 16.4. The SMILES string of the molecule is O=Cc1cccc(NC(=O)C(=O)O)c1. The molecule has 1 aromatic carbocycles. The first-order valence-electron chi connectivity index (χ1n) is 3.73. The summed E-state index contributed by atoms with van der Waals surface area (Å²) in [6, 6.07) is 5.96. The number of anilines is 1. The highest BCUT2D eigenvalue weighted by Gasteiger charge is 2.10. The average molecular weight is 193 g/mol. The molecule has 0 saturated heterocycles. The number of carboxylic acid groups (broad SMARTS) is 1. The summed E-state index contributed by atoms with van der Waals surface area (Å²) in [6.45, 7) is 0. The monoisotopic (exact) mass is 193 g/mol. The Kier molecular flexibility index (Phi) is 2.96. The van der Waals surface area contributed by atoms with E-state index in [1.54, 1.807) is 12.1 Å². The van der Waals surface area contributed by atoms with Crippen molar-refractivity contribution < 1.29 is 19.5 Å². The largest absolute Gasteiger partial charge is 0.474 e. The van der Waals surface area contributed by atoms with Gasteiger partial charge in [-0.15, -0.1) is 0 Å². The van der Waals surface area contributed by atoms with Crippen LogP contribution in [0.4, 0.5) is 5.69 Å². The Balaban J connectivity index is 2.81. The Bertz CT molecular complexity index is 386. The topological polar surface area (TPSA) is 83.5 Å². The van der Waals surface area contributed by atoms with Gasteiger partial charge in [-0.1, -0.05) is 12.1 Å². The highest BCUT2D eigenvalue weighted by molar-refractivity contribution is 6.36. The lowest BCUT2D eigenvalue weighted by Gasteiger charge is -2.01. The third-order valence-corrected chi connectivity index (χ3v) is 1.47. The summed E-state index contributed by atoms with van der Waals surface area (Å²) >= 11 is 0. The summed E-state index contributed by atoms with van der Waals surface area (Å²) < 4.78 is 0. The van der Waals surface area contributed by atoms with Crippen LogP contribution < -0.4 is 5.32 Å². The van der Waals surface area contributed by atoms with E-state index in [-0.39, 0.29) is 5.69 Å². The Morgan fingerprint density at radius 1 is 1.36 bits per heavy atom. The van der Waals surface area contributed by atoms with Crippen molar-refractivity contribution in [1.29, 1.82) is 0 Å². The van der Waals surface area contributed by atoms with Crippen LogP contribution in [-0.2, 0) is 9.59 Å². The summed E-state index contributed by atoms with van der Waals surface area (Å²) in [5.74, 6) is -2.70. The molecule has 14 heavy (non-hydrogen) atoms. The number of hydrogen-bond acceptors (Lipinski definition) is 3. The quantitative estimate of drug-likeness (QED) is 0.529. The molecule has 0 radical (unpaired) electrons. The predicted octanol–water partition coefficient (Wildman–Crippen LogP) is 0.522. The van der Waals surface area contributed by atoms with E-state index in [0.717, 1.165) is 0 Å². The Morgan fingerprint density at radius 3 is 2.64 bits per heavy atom. The van der Waals surface area contributed by atoms with Crippen LogP contribution >= 0.6 is 0 Å². The second-order valence-electron chi connectivity index (χ2n) is 2.50. The van der Waals surface area contributed by atoms with Gasteiger partial charge in [-0.05, 0) is 12.1 Å². The highest BCUT2D eigenvalue weighted by Crippen LogP contribution is 2.08. The van der Waals surface area contributed by atoms with Crippen LogP contribution in [0.15, 0.2) is 24.3 Å². The van der Waals surface area contributed by atoms with Crippen LogP contribution in [0.1, 0.15) is 10.4 Å². The molecule has 1 rings (SSSR count). The van der Waals surface area contributed by atoms with Crippen molar-refractivity contribution in [2.75, 3.05) is 5.32 Å². The lowest BCUT2D eigenvalue weighted by atomic mass is 10.2. The van der Waals surface area contributed by atoms with Gasteiger partial charge in [-0.25, -0.2) is 4.79 Å². The maximum Gasteiger partial charge on any atom is 0.394 e. The molecule has 0 saturated carbocycles.